The first-order valence-corrected chi connectivity index (χ1v) is 13.6. The number of nitrogens with one attached hydrogen (secondary N) is 1. The molecule has 1 aromatic heterocycles. The van der Waals surface area contributed by atoms with Crippen LogP contribution in [0.5, 0.6) is 5.75 Å². The van der Waals surface area contributed by atoms with E-state index in [0.29, 0.717) is 18.6 Å². The van der Waals surface area contributed by atoms with Crippen LogP contribution in [0, 0.1) is 0 Å². The first-order chi connectivity index (χ1) is 19.1. The minimum atomic E-state index is -1.01. The van der Waals surface area contributed by atoms with Gasteiger partial charge in [-0.1, -0.05) is 12.1 Å². The molecule has 2 amide bonds. The van der Waals surface area contributed by atoms with Gasteiger partial charge in [0.05, 0.1) is 25.4 Å². The van der Waals surface area contributed by atoms with Crippen LogP contribution >= 0.6 is 0 Å². The number of methoxy groups -OCH3 is 1. The van der Waals surface area contributed by atoms with Gasteiger partial charge in [-0.2, -0.15) is 5.10 Å². The van der Waals surface area contributed by atoms with Crippen LogP contribution in [0.4, 0.5) is 14.4 Å². The maximum atomic E-state index is 13.3. The lowest BCUT2D eigenvalue weighted by molar-refractivity contribution is -0.0517. The van der Waals surface area contributed by atoms with Crippen molar-refractivity contribution in [1.82, 2.24) is 20.0 Å². The Labute approximate surface area is 241 Å². The number of hydrogen-bond donors (Lipinski definition) is 1. The van der Waals surface area contributed by atoms with E-state index in [1.54, 1.807) is 65.5 Å². The maximum absolute atomic E-state index is 13.3. The molecule has 3 rings (SSSR count). The molecule has 1 N–H and O–H groups in total. The van der Waals surface area contributed by atoms with Crippen molar-refractivity contribution in [3.05, 3.63) is 47.8 Å². The largest absolute Gasteiger partial charge is 0.509 e. The topological polar surface area (TPSA) is 130 Å². The molecule has 2 aromatic rings. The predicted molar refractivity (Wildman–Crippen MR) is 150 cm³/mol. The molecule has 226 valence electrons. The molecule has 3 atom stereocenters. The minimum Gasteiger partial charge on any atom is -0.497 e. The van der Waals surface area contributed by atoms with E-state index in [0.717, 1.165) is 11.3 Å². The second-order valence-electron chi connectivity index (χ2n) is 11.9. The van der Waals surface area contributed by atoms with Crippen molar-refractivity contribution in [3.8, 4) is 5.75 Å². The molecule has 2 heterocycles. The van der Waals surface area contributed by atoms with Crippen molar-refractivity contribution in [2.45, 2.75) is 83.8 Å². The summed E-state index contributed by atoms with van der Waals surface area (Å²) in [6, 6.07) is 8.48. The third kappa shape index (κ3) is 9.87. The summed E-state index contributed by atoms with van der Waals surface area (Å²) in [6.07, 6.45) is -1.65. The number of aryl methyl sites for hydroxylation is 1. The van der Waals surface area contributed by atoms with Gasteiger partial charge in [-0.05, 0) is 71.7 Å². The number of carbonyl (C=O) groups is 3. The van der Waals surface area contributed by atoms with Gasteiger partial charge >= 0.3 is 18.3 Å². The number of amides is 2. The molecule has 0 saturated carbocycles. The number of alkyl carbamates (subject to hydrolysis) is 1. The van der Waals surface area contributed by atoms with Gasteiger partial charge in [-0.15, -0.1) is 0 Å². The third-order valence-electron chi connectivity index (χ3n) is 6.05. The SMILES string of the molecule is COc1ccc(C[C@@H]2[C@H](OC(=O)NCCc3ccn(C)n3)[C@@H](OC(=O)OC(C)(C)C)CN2C(=O)OC(C)(C)C)cc1. The molecule has 0 radical (unpaired) electrons. The smallest absolute Gasteiger partial charge is 0.497 e. The fraction of sp³-hybridized carbons (Fsp3) is 0.586. The van der Waals surface area contributed by atoms with Crippen molar-refractivity contribution in [3.63, 3.8) is 0 Å². The van der Waals surface area contributed by atoms with E-state index in [2.05, 4.69) is 10.4 Å². The van der Waals surface area contributed by atoms with E-state index in [-0.39, 0.29) is 13.1 Å². The van der Waals surface area contributed by atoms with E-state index in [1.807, 2.05) is 31.4 Å². The van der Waals surface area contributed by atoms with Crippen molar-refractivity contribution >= 4 is 18.3 Å². The Kier molecular flexibility index (Phi) is 10.1. The third-order valence-corrected chi connectivity index (χ3v) is 6.05. The summed E-state index contributed by atoms with van der Waals surface area (Å²) in [5.74, 6) is 0.676. The summed E-state index contributed by atoms with van der Waals surface area (Å²) < 4.78 is 29.4. The number of likely N-dealkylation sites (tertiary alicyclic amines) is 1. The molecule has 0 bridgehead atoms. The van der Waals surface area contributed by atoms with Gasteiger partial charge in [0.1, 0.15) is 17.0 Å². The Hall–Kier alpha value is -3.96. The number of hydrogen-bond acceptors (Lipinski definition) is 9. The molecule has 0 unspecified atom stereocenters. The molecule has 41 heavy (non-hydrogen) atoms. The average molecular weight is 575 g/mol. The normalized spacial score (nSPS) is 18.9. The highest BCUT2D eigenvalue weighted by molar-refractivity contribution is 5.71. The average Bonchev–Trinajstić information content (AvgIpc) is 3.40. The number of rotatable bonds is 8. The number of carbonyl (C=O) groups excluding carboxylic acids is 3. The number of benzene rings is 1. The van der Waals surface area contributed by atoms with Crippen LogP contribution in [0.3, 0.4) is 0 Å². The quantitative estimate of drug-likeness (QED) is 0.363. The molecule has 1 saturated heterocycles. The Morgan fingerprint density at radius 1 is 0.976 bits per heavy atom. The first kappa shape index (κ1) is 31.6. The zero-order chi connectivity index (χ0) is 30.4. The van der Waals surface area contributed by atoms with Gasteiger partial charge in [0.25, 0.3) is 0 Å². The van der Waals surface area contributed by atoms with E-state index >= 15 is 0 Å². The van der Waals surface area contributed by atoms with Crippen LogP contribution in [0.1, 0.15) is 52.8 Å². The molecule has 0 aliphatic carbocycles. The van der Waals surface area contributed by atoms with Crippen LogP contribution < -0.4 is 10.1 Å². The van der Waals surface area contributed by atoms with Gasteiger partial charge in [0.15, 0.2) is 12.2 Å². The first-order valence-electron chi connectivity index (χ1n) is 13.6. The van der Waals surface area contributed by atoms with Crippen molar-refractivity contribution < 1.29 is 38.1 Å². The molecular formula is C29H42N4O8. The zero-order valence-electron chi connectivity index (χ0n) is 25.1. The lowest BCUT2D eigenvalue weighted by atomic mass is 10.0. The molecule has 1 fully saturated rings. The van der Waals surface area contributed by atoms with Gasteiger partial charge in [-0.3, -0.25) is 9.58 Å². The molecule has 1 aliphatic heterocycles. The minimum absolute atomic E-state index is 0.0547. The molecule has 1 aliphatic rings. The van der Waals surface area contributed by atoms with Crippen molar-refractivity contribution in [1.29, 1.82) is 0 Å². The summed E-state index contributed by atoms with van der Waals surface area (Å²) in [5.41, 5.74) is 0.0903. The molecule has 1 aromatic carbocycles. The van der Waals surface area contributed by atoms with E-state index in [9.17, 15) is 14.4 Å². The molecule has 12 heteroatoms. The van der Waals surface area contributed by atoms with E-state index in [1.165, 1.54) is 4.90 Å². The number of ether oxygens (including phenoxy) is 5. The van der Waals surface area contributed by atoms with Crippen LogP contribution in [-0.2, 0) is 38.8 Å². The highest BCUT2D eigenvalue weighted by atomic mass is 16.7. The monoisotopic (exact) mass is 574 g/mol. The number of nitrogens with zero attached hydrogens (tertiary/aromatic N) is 3. The zero-order valence-corrected chi connectivity index (χ0v) is 25.1. The standard InChI is InChI=1S/C29H42N4O8/c1-28(2,3)40-26(35)33-18-23(38-27(36)41-29(4,5)6)24(22(33)17-19-9-11-21(37-8)12-10-19)39-25(34)30-15-13-20-14-16-32(7)31-20/h9-12,14,16,22-24H,13,15,17-18H2,1-8H3,(H,30,34)/t22-,23+,24+/m1/s1. The highest BCUT2D eigenvalue weighted by Gasteiger charge is 2.50. The van der Waals surface area contributed by atoms with Gasteiger partial charge in [-0.25, -0.2) is 14.4 Å². The van der Waals surface area contributed by atoms with E-state index < -0.39 is 47.8 Å². The fourth-order valence-electron chi connectivity index (χ4n) is 4.33. The molecular weight excluding hydrogens is 532 g/mol. The van der Waals surface area contributed by atoms with Crippen molar-refractivity contribution in [2.24, 2.45) is 7.05 Å². The van der Waals surface area contributed by atoms with Crippen LogP contribution in [-0.4, -0.2) is 82.7 Å². The Morgan fingerprint density at radius 3 is 2.20 bits per heavy atom. The lowest BCUT2D eigenvalue weighted by Gasteiger charge is -2.30. The highest BCUT2D eigenvalue weighted by Crippen LogP contribution is 2.30. The fourth-order valence-corrected chi connectivity index (χ4v) is 4.33. The summed E-state index contributed by atoms with van der Waals surface area (Å²) in [4.78, 5) is 40.4. The van der Waals surface area contributed by atoms with Crippen LogP contribution in [0.25, 0.3) is 0 Å². The molecule has 12 nitrogen and oxygen atoms in total. The summed E-state index contributed by atoms with van der Waals surface area (Å²) in [6.45, 7) is 10.6. The Balaban J connectivity index is 1.85. The predicted octanol–water partition coefficient (Wildman–Crippen LogP) is 4.25. The summed E-state index contributed by atoms with van der Waals surface area (Å²) in [7, 11) is 3.39. The van der Waals surface area contributed by atoms with Crippen LogP contribution in [0.2, 0.25) is 0 Å². The second kappa shape index (κ2) is 13.1. The van der Waals surface area contributed by atoms with Crippen LogP contribution in [0.15, 0.2) is 36.5 Å². The Bertz CT molecular complexity index is 1180. The summed E-state index contributed by atoms with van der Waals surface area (Å²) in [5, 5.41) is 7.03. The second-order valence-corrected chi connectivity index (χ2v) is 11.9. The lowest BCUT2D eigenvalue weighted by Crippen LogP contribution is -2.46. The number of aromatic nitrogens is 2. The van der Waals surface area contributed by atoms with E-state index in [4.69, 9.17) is 23.7 Å². The van der Waals surface area contributed by atoms with Gasteiger partial charge in [0, 0.05) is 26.2 Å². The maximum Gasteiger partial charge on any atom is 0.509 e. The van der Waals surface area contributed by atoms with Crippen molar-refractivity contribution in [2.75, 3.05) is 20.2 Å². The summed E-state index contributed by atoms with van der Waals surface area (Å²) >= 11 is 0. The molecule has 0 spiro atoms. The van der Waals surface area contributed by atoms with Gasteiger partial charge in [0.2, 0.25) is 0 Å². The van der Waals surface area contributed by atoms with Gasteiger partial charge < -0.3 is 29.0 Å². The Morgan fingerprint density at radius 2 is 1.63 bits per heavy atom.